The molecule has 2 nitrogen and oxygen atoms in total. The summed E-state index contributed by atoms with van der Waals surface area (Å²) in [6.45, 7) is 0. The van der Waals surface area contributed by atoms with Gasteiger partial charge in [-0.05, 0) is 24.8 Å². The fraction of sp³-hybridized carbons (Fsp3) is 0.538. The Kier molecular flexibility index (Phi) is 5.65. The van der Waals surface area contributed by atoms with Crippen molar-refractivity contribution in [3.8, 4) is 5.75 Å². The van der Waals surface area contributed by atoms with Gasteiger partial charge in [0.1, 0.15) is 5.75 Å². The van der Waals surface area contributed by atoms with Gasteiger partial charge in [0, 0.05) is 11.6 Å². The van der Waals surface area contributed by atoms with Crippen LogP contribution in [0.3, 0.4) is 0 Å². The van der Waals surface area contributed by atoms with Crippen LogP contribution >= 0.6 is 12.4 Å². The summed E-state index contributed by atoms with van der Waals surface area (Å²) < 4.78 is 54.4. The summed E-state index contributed by atoms with van der Waals surface area (Å²) in [4.78, 5) is 0. The van der Waals surface area contributed by atoms with Crippen molar-refractivity contribution in [3.63, 3.8) is 0 Å². The van der Waals surface area contributed by atoms with E-state index in [2.05, 4.69) is 4.74 Å². The van der Waals surface area contributed by atoms with E-state index in [0.29, 0.717) is 5.56 Å². The number of alkyl halides is 4. The minimum atomic E-state index is -4.50. The van der Waals surface area contributed by atoms with Gasteiger partial charge >= 0.3 is 12.5 Å². The summed E-state index contributed by atoms with van der Waals surface area (Å²) in [5.41, 5.74) is 6.34. The van der Waals surface area contributed by atoms with Crippen LogP contribution < -0.4 is 10.5 Å². The van der Waals surface area contributed by atoms with E-state index >= 15 is 0 Å². The zero-order chi connectivity index (χ0) is 14.0. The molecule has 0 aliphatic heterocycles. The normalized spacial score (nSPS) is 17.3. The van der Waals surface area contributed by atoms with E-state index in [4.69, 9.17) is 5.73 Å². The molecule has 1 atom stereocenters. The highest BCUT2D eigenvalue weighted by atomic mass is 35.5. The summed E-state index contributed by atoms with van der Waals surface area (Å²) in [5.74, 6) is -0.0721. The van der Waals surface area contributed by atoms with Gasteiger partial charge in [-0.15, -0.1) is 12.4 Å². The molecule has 0 aromatic heterocycles. The minimum absolute atomic E-state index is 0. The molecule has 7 heteroatoms. The number of rotatable bonds is 5. The van der Waals surface area contributed by atoms with Crippen LogP contribution in [-0.4, -0.2) is 12.5 Å². The Bertz CT molecular complexity index is 440. The van der Waals surface area contributed by atoms with E-state index in [1.807, 2.05) is 0 Å². The molecule has 1 saturated carbocycles. The zero-order valence-electron chi connectivity index (χ0n) is 10.6. The van der Waals surface area contributed by atoms with Gasteiger partial charge in [0.05, 0.1) is 0 Å². The fourth-order valence-electron chi connectivity index (χ4n) is 2.09. The number of benzene rings is 1. The molecule has 114 valence electrons. The summed E-state index contributed by atoms with van der Waals surface area (Å²) in [7, 11) is 0. The molecule has 2 N–H and O–H groups in total. The van der Waals surface area contributed by atoms with Crippen LogP contribution in [0.15, 0.2) is 24.3 Å². The van der Waals surface area contributed by atoms with Gasteiger partial charge in [0.2, 0.25) is 0 Å². The van der Waals surface area contributed by atoms with E-state index in [1.54, 1.807) is 12.1 Å². The molecule has 1 aromatic carbocycles. The van der Waals surface area contributed by atoms with E-state index in [-0.39, 0.29) is 24.1 Å². The topological polar surface area (TPSA) is 35.2 Å². The summed E-state index contributed by atoms with van der Waals surface area (Å²) in [6.07, 6.45) is -5.49. The smallest absolute Gasteiger partial charge is 0.428 e. The number of nitrogens with two attached hydrogens (primary N) is 1. The SMILES string of the molecule is Cl.N[C@@H](c1ccccc1OC(F)(F)C(F)F)C1CCC1. The molecule has 0 spiro atoms. The zero-order valence-corrected chi connectivity index (χ0v) is 11.4. The maximum absolute atomic E-state index is 13.0. The molecule has 1 fully saturated rings. The van der Waals surface area contributed by atoms with Crippen LogP contribution in [0.25, 0.3) is 0 Å². The predicted octanol–water partition coefficient (Wildman–Crippen LogP) is 4.15. The van der Waals surface area contributed by atoms with Crippen molar-refractivity contribution in [2.45, 2.75) is 37.8 Å². The van der Waals surface area contributed by atoms with Crippen molar-refractivity contribution in [3.05, 3.63) is 29.8 Å². The first-order chi connectivity index (χ1) is 8.92. The highest BCUT2D eigenvalue weighted by molar-refractivity contribution is 5.85. The van der Waals surface area contributed by atoms with Crippen LogP contribution in [0.4, 0.5) is 17.6 Å². The monoisotopic (exact) mass is 313 g/mol. The average molecular weight is 314 g/mol. The quantitative estimate of drug-likeness (QED) is 0.829. The lowest BCUT2D eigenvalue weighted by atomic mass is 9.77. The molecule has 0 saturated heterocycles. The second kappa shape index (κ2) is 6.63. The molecule has 1 aliphatic carbocycles. The first-order valence-electron chi connectivity index (χ1n) is 6.11. The summed E-state index contributed by atoms with van der Waals surface area (Å²) in [5, 5.41) is 0. The number of ether oxygens (including phenoxy) is 1. The van der Waals surface area contributed by atoms with E-state index < -0.39 is 18.6 Å². The van der Waals surface area contributed by atoms with Gasteiger partial charge in [0.15, 0.2) is 0 Å². The minimum Gasteiger partial charge on any atom is -0.428 e. The maximum atomic E-state index is 13.0. The molecule has 0 radical (unpaired) electrons. The third-order valence-corrected chi connectivity index (χ3v) is 3.44. The largest absolute Gasteiger partial charge is 0.461 e. The lowest BCUT2D eigenvalue weighted by molar-refractivity contribution is -0.253. The number of para-hydroxylation sites is 1. The van der Waals surface area contributed by atoms with Crippen molar-refractivity contribution in [2.75, 3.05) is 0 Å². The average Bonchev–Trinajstić information content (AvgIpc) is 2.26. The highest BCUT2D eigenvalue weighted by Gasteiger charge is 2.44. The molecule has 0 heterocycles. The standard InChI is InChI=1S/C13H15F4NO.ClH/c14-12(15)13(16,17)19-10-7-2-1-6-9(10)11(18)8-4-3-5-8;/h1-2,6-8,11-12H,3-5,18H2;1H/t11-;/m1./s1. The van der Waals surface area contributed by atoms with Crippen molar-refractivity contribution in [2.24, 2.45) is 11.7 Å². The molecule has 2 rings (SSSR count). The van der Waals surface area contributed by atoms with Gasteiger partial charge < -0.3 is 10.5 Å². The number of hydrogen-bond donors (Lipinski definition) is 1. The van der Waals surface area contributed by atoms with Crippen molar-refractivity contribution in [1.82, 2.24) is 0 Å². The molecule has 1 aromatic rings. The molecule has 0 amide bonds. The Morgan fingerprint density at radius 2 is 1.80 bits per heavy atom. The van der Waals surface area contributed by atoms with Crippen LogP contribution in [0.1, 0.15) is 30.9 Å². The predicted molar refractivity (Wildman–Crippen MR) is 69.5 cm³/mol. The second-order valence-corrected chi connectivity index (χ2v) is 4.72. The van der Waals surface area contributed by atoms with Gasteiger partial charge in [-0.2, -0.15) is 17.6 Å². The Morgan fingerprint density at radius 3 is 2.30 bits per heavy atom. The number of halogens is 5. The van der Waals surface area contributed by atoms with E-state index in [1.165, 1.54) is 12.1 Å². The van der Waals surface area contributed by atoms with E-state index in [0.717, 1.165) is 19.3 Å². The van der Waals surface area contributed by atoms with Crippen molar-refractivity contribution < 1.29 is 22.3 Å². The fourth-order valence-corrected chi connectivity index (χ4v) is 2.09. The molecule has 1 aliphatic rings. The first kappa shape index (κ1) is 17.0. The highest BCUT2D eigenvalue weighted by Crippen LogP contribution is 2.40. The lowest BCUT2D eigenvalue weighted by Gasteiger charge is -2.32. The van der Waals surface area contributed by atoms with Gasteiger partial charge in [-0.3, -0.25) is 0 Å². The Labute approximate surface area is 120 Å². The summed E-state index contributed by atoms with van der Waals surface area (Å²) >= 11 is 0. The molecular weight excluding hydrogens is 298 g/mol. The van der Waals surface area contributed by atoms with Crippen LogP contribution in [0.2, 0.25) is 0 Å². The van der Waals surface area contributed by atoms with Crippen LogP contribution in [0.5, 0.6) is 5.75 Å². The Balaban J connectivity index is 0.00000200. The maximum Gasteiger partial charge on any atom is 0.461 e. The summed E-state index contributed by atoms with van der Waals surface area (Å²) in [6, 6.07) is 5.40. The lowest BCUT2D eigenvalue weighted by Crippen LogP contribution is -2.35. The molecule has 0 unspecified atom stereocenters. The van der Waals surface area contributed by atoms with Crippen LogP contribution in [-0.2, 0) is 0 Å². The second-order valence-electron chi connectivity index (χ2n) is 4.72. The molecular formula is C13H16ClF4NO. The van der Waals surface area contributed by atoms with Gasteiger partial charge in [0.25, 0.3) is 0 Å². The third-order valence-electron chi connectivity index (χ3n) is 3.44. The van der Waals surface area contributed by atoms with Gasteiger partial charge in [-0.1, -0.05) is 24.6 Å². The Morgan fingerprint density at radius 1 is 1.20 bits per heavy atom. The van der Waals surface area contributed by atoms with Crippen LogP contribution in [0, 0.1) is 5.92 Å². The molecule has 0 bridgehead atoms. The van der Waals surface area contributed by atoms with Crippen molar-refractivity contribution >= 4 is 12.4 Å². The number of hydrogen-bond acceptors (Lipinski definition) is 2. The van der Waals surface area contributed by atoms with Gasteiger partial charge in [-0.25, -0.2) is 0 Å². The first-order valence-corrected chi connectivity index (χ1v) is 6.11. The van der Waals surface area contributed by atoms with Crippen molar-refractivity contribution in [1.29, 1.82) is 0 Å². The molecule has 20 heavy (non-hydrogen) atoms. The third kappa shape index (κ3) is 3.55. The Hall–Kier alpha value is -1.01. The van der Waals surface area contributed by atoms with E-state index in [9.17, 15) is 17.6 Å².